The second-order valence-electron chi connectivity index (χ2n) is 26.1. The van der Waals surface area contributed by atoms with Crippen LogP contribution in [-0.2, 0) is 10.8 Å². The number of rotatable bonds is 8. The zero-order valence-corrected chi connectivity index (χ0v) is 51.1. The Morgan fingerprint density at radius 2 is 0.655 bits per heavy atom. The Bertz CT molecular complexity index is 4700. The molecule has 12 aromatic rings. The van der Waals surface area contributed by atoms with Crippen LogP contribution in [0, 0.1) is 0 Å². The van der Waals surface area contributed by atoms with Crippen LogP contribution in [0.1, 0.15) is 49.9 Å². The van der Waals surface area contributed by atoms with Gasteiger partial charge in [-0.3, -0.25) is 0 Å². The molecule has 2 aliphatic carbocycles. The monoisotopic (exact) mass is 1110 g/mol. The molecule has 0 amide bonds. The van der Waals surface area contributed by atoms with Gasteiger partial charge in [0, 0.05) is 45.0 Å². The number of hydrogen-bond donors (Lipinski definition) is 0. The van der Waals surface area contributed by atoms with Gasteiger partial charge in [-0.1, -0.05) is 224 Å². The molecule has 84 heavy (non-hydrogen) atoms. The quantitative estimate of drug-likeness (QED) is 0.140. The van der Waals surface area contributed by atoms with Crippen LogP contribution in [0.4, 0.5) is 34.1 Å². The third-order valence-electron chi connectivity index (χ3n) is 20.1. The highest BCUT2D eigenvalue weighted by molar-refractivity contribution is 7.05. The van der Waals surface area contributed by atoms with Crippen LogP contribution >= 0.6 is 0 Å². The molecule has 0 fully saturated rings. The Morgan fingerprint density at radius 3 is 1.17 bits per heavy atom. The van der Waals surface area contributed by atoms with E-state index in [-0.39, 0.29) is 10.8 Å². The van der Waals surface area contributed by atoms with Crippen molar-refractivity contribution in [2.24, 2.45) is 0 Å². The minimum atomic E-state index is -2.27. The largest absolute Gasteiger partial charge is 0.311 e. The second-order valence-corrected chi connectivity index (χ2v) is 34.7. The van der Waals surface area contributed by atoms with Gasteiger partial charge >= 0.3 is 0 Å². The van der Waals surface area contributed by atoms with Crippen molar-refractivity contribution in [3.8, 4) is 66.8 Å². The smallest absolute Gasteiger partial charge is 0.113 e. The number of nitrogens with zero attached hydrogens (tertiary/aromatic N) is 2. The van der Waals surface area contributed by atoms with Crippen molar-refractivity contribution in [1.29, 1.82) is 0 Å². The summed E-state index contributed by atoms with van der Waals surface area (Å²) >= 11 is 0. The van der Waals surface area contributed by atoms with E-state index in [1.54, 1.807) is 0 Å². The summed E-state index contributed by atoms with van der Waals surface area (Å²) in [5, 5.41) is 8.90. The van der Waals surface area contributed by atoms with Gasteiger partial charge in [0.05, 0.1) is 0 Å². The summed E-state index contributed by atoms with van der Waals surface area (Å²) in [6.07, 6.45) is 0. The lowest BCUT2D eigenvalue weighted by molar-refractivity contribution is 0.660. The second kappa shape index (κ2) is 18.2. The predicted molar refractivity (Wildman–Crippen MR) is 364 cm³/mol. The Labute approximate surface area is 497 Å². The Balaban J connectivity index is 0.757. The Morgan fingerprint density at radius 1 is 0.262 bits per heavy atom. The van der Waals surface area contributed by atoms with E-state index in [9.17, 15) is 0 Å². The Kier molecular flexibility index (Phi) is 11.0. The minimum Gasteiger partial charge on any atom is -0.311 e. The summed E-state index contributed by atoms with van der Waals surface area (Å²) in [6.45, 7) is 19.8. The molecule has 2 heterocycles. The fourth-order valence-electron chi connectivity index (χ4n) is 15.5. The summed E-state index contributed by atoms with van der Waals surface area (Å²) in [5.41, 5.74) is 28.5. The van der Waals surface area contributed by atoms with Crippen LogP contribution in [0.3, 0.4) is 0 Å². The van der Waals surface area contributed by atoms with Crippen LogP contribution in [-0.4, -0.2) is 16.1 Å². The predicted octanol–water partition coefficient (Wildman–Crippen LogP) is 19.3. The molecule has 4 aliphatic rings. The molecule has 0 bridgehead atoms. The number of para-hydroxylation sites is 2. The maximum absolute atomic E-state index is 2.65. The van der Waals surface area contributed by atoms with Crippen LogP contribution in [0.2, 0.25) is 26.2 Å². The highest BCUT2D eigenvalue weighted by Gasteiger charge is 2.44. The van der Waals surface area contributed by atoms with Gasteiger partial charge in [0.25, 0.3) is 0 Å². The van der Waals surface area contributed by atoms with E-state index in [2.05, 4.69) is 318 Å². The van der Waals surface area contributed by atoms with Gasteiger partial charge in [0.15, 0.2) is 0 Å². The first-order valence-corrected chi connectivity index (χ1v) is 36.0. The van der Waals surface area contributed by atoms with Gasteiger partial charge in [-0.25, -0.2) is 0 Å². The lowest BCUT2D eigenvalue weighted by atomic mass is 9.81. The summed E-state index contributed by atoms with van der Waals surface area (Å²) in [7, 11) is -4.54. The van der Waals surface area contributed by atoms with Crippen molar-refractivity contribution in [2.75, 3.05) is 9.80 Å². The minimum absolute atomic E-state index is 0.0480. The van der Waals surface area contributed by atoms with E-state index in [1.165, 1.54) is 132 Å². The van der Waals surface area contributed by atoms with E-state index in [0.717, 1.165) is 22.7 Å². The van der Waals surface area contributed by atoms with Gasteiger partial charge in [-0.05, 0) is 205 Å². The topological polar surface area (TPSA) is 6.48 Å². The van der Waals surface area contributed by atoms with Crippen molar-refractivity contribution in [1.82, 2.24) is 0 Å². The highest BCUT2D eigenvalue weighted by Crippen LogP contribution is 2.52. The highest BCUT2D eigenvalue weighted by atomic mass is 28.3. The van der Waals surface area contributed by atoms with Gasteiger partial charge in [-0.2, -0.15) is 0 Å². The van der Waals surface area contributed by atoms with E-state index < -0.39 is 16.1 Å². The average Bonchev–Trinajstić information content (AvgIpc) is 2.06. The van der Waals surface area contributed by atoms with Gasteiger partial charge < -0.3 is 9.80 Å². The van der Waals surface area contributed by atoms with Crippen molar-refractivity contribution < 1.29 is 0 Å². The van der Waals surface area contributed by atoms with Crippen molar-refractivity contribution >= 4 is 81.8 Å². The summed E-state index contributed by atoms with van der Waals surface area (Å²) in [4.78, 5) is 4.92. The first-order chi connectivity index (χ1) is 40.7. The van der Waals surface area contributed by atoms with Crippen molar-refractivity contribution in [3.05, 3.63) is 277 Å². The van der Waals surface area contributed by atoms with E-state index >= 15 is 0 Å². The number of fused-ring (bicyclic) bond motifs is 12. The van der Waals surface area contributed by atoms with Crippen molar-refractivity contribution in [2.45, 2.75) is 64.7 Å². The SMILES string of the molecule is CC1(C)c2ccccc2-c2ccc(-c3ccc(N(c4ccccc4)c4ccc5c(c4)[Si](C)(C)c4cc6c7c(cccc7c4-5)[Si](C)(C)c4cc(N(c5ccccc5)c5ccc(-c7ccc8c(c7)C(C)(C)c7ccccc7-8)cc5)ccc4-6)cc3)cc21. The standard InChI is InChI=1S/C80H66N2Si2/c1-79(2)69-27-17-15-24-61(69)63-42-34-53(46-71(63)79)51-30-36-57(37-31-51)81(55-20-11-9-12-21-55)59-40-44-65-68-50-76-77(67-26-19-29-73(78(67)68)83(5,6)74(65)48-59)66-45-41-60(49-75(66)84(76,7)8)82(56-22-13-10-14-23-56)58-38-32-52(33-39-58)54-35-43-64-62-25-16-18-28-70(62)80(3,4)72(64)47-54/h9-50H,1-8H3. The van der Waals surface area contributed by atoms with Gasteiger partial charge in [0.1, 0.15) is 16.1 Å². The fraction of sp³-hybridized carbons (Fsp3) is 0.125. The van der Waals surface area contributed by atoms with Crippen LogP contribution < -0.4 is 30.5 Å². The molecule has 4 heteroatoms. The van der Waals surface area contributed by atoms with E-state index in [1.807, 2.05) is 0 Å². The zero-order chi connectivity index (χ0) is 57.0. The molecule has 0 saturated carbocycles. The maximum atomic E-state index is 2.65. The third kappa shape index (κ3) is 7.33. The first kappa shape index (κ1) is 50.6. The maximum Gasteiger partial charge on any atom is 0.113 e. The lowest BCUT2D eigenvalue weighted by Gasteiger charge is -2.36. The van der Waals surface area contributed by atoms with Crippen LogP contribution in [0.5, 0.6) is 0 Å². The summed E-state index contributed by atoms with van der Waals surface area (Å²) in [5.74, 6) is 0. The molecular formula is C80H66N2Si2. The fourth-order valence-corrected chi connectivity index (χ4v) is 21.7. The molecule has 0 saturated heterocycles. The summed E-state index contributed by atoms with van der Waals surface area (Å²) in [6, 6.07) is 97.0. The molecule has 0 aromatic heterocycles. The van der Waals surface area contributed by atoms with Crippen LogP contribution in [0.25, 0.3) is 77.5 Å². The molecule has 0 unspecified atom stereocenters. The normalized spacial score (nSPS) is 15.3. The molecule has 2 aliphatic heterocycles. The molecule has 2 nitrogen and oxygen atoms in total. The number of benzene rings is 12. The molecular weight excluding hydrogens is 1050 g/mol. The lowest BCUT2D eigenvalue weighted by Crippen LogP contribution is -2.56. The molecule has 0 atom stereocenters. The average molecular weight is 1110 g/mol. The molecule has 16 rings (SSSR count). The zero-order valence-electron chi connectivity index (χ0n) is 49.1. The number of anilines is 6. The van der Waals surface area contributed by atoms with Crippen LogP contribution in [0.15, 0.2) is 255 Å². The van der Waals surface area contributed by atoms with E-state index in [0.29, 0.717) is 0 Å². The Hall–Kier alpha value is -9.07. The first-order valence-electron chi connectivity index (χ1n) is 30.0. The number of hydrogen-bond acceptors (Lipinski definition) is 2. The molecule has 0 N–H and O–H groups in total. The summed E-state index contributed by atoms with van der Waals surface area (Å²) < 4.78 is 0. The van der Waals surface area contributed by atoms with E-state index in [4.69, 9.17) is 0 Å². The van der Waals surface area contributed by atoms with Gasteiger partial charge in [0.2, 0.25) is 0 Å². The molecule has 0 radical (unpaired) electrons. The molecule has 404 valence electrons. The van der Waals surface area contributed by atoms with Gasteiger partial charge in [-0.15, -0.1) is 0 Å². The third-order valence-corrected chi connectivity index (χ3v) is 27.1. The van der Waals surface area contributed by atoms with Crippen molar-refractivity contribution in [3.63, 3.8) is 0 Å². The molecule has 0 spiro atoms. The molecule has 12 aromatic carbocycles.